The predicted molar refractivity (Wildman–Crippen MR) is 54.1 cm³/mol. The summed E-state index contributed by atoms with van der Waals surface area (Å²) in [6.45, 7) is 1.82. The Hall–Kier alpha value is -1.22. The molecule has 0 atom stereocenters. The highest BCUT2D eigenvalue weighted by Gasteiger charge is 2.08. The van der Waals surface area contributed by atoms with Gasteiger partial charge in [0.05, 0.1) is 18.6 Å². The Morgan fingerprint density at radius 1 is 1.57 bits per heavy atom. The molecular formula is C10H11ClO3. The van der Waals surface area contributed by atoms with Gasteiger partial charge < -0.3 is 9.84 Å². The Morgan fingerprint density at radius 3 is 2.71 bits per heavy atom. The zero-order valence-electron chi connectivity index (χ0n) is 8.00. The summed E-state index contributed by atoms with van der Waals surface area (Å²) in [5.41, 5.74) is 1.51. The van der Waals surface area contributed by atoms with E-state index in [0.29, 0.717) is 16.3 Å². The van der Waals surface area contributed by atoms with E-state index in [1.807, 2.05) is 6.92 Å². The lowest BCUT2D eigenvalue weighted by atomic mass is 10.1. The Bertz CT molecular complexity index is 361. The average molecular weight is 215 g/mol. The number of ether oxygens (including phenoxy) is 1. The van der Waals surface area contributed by atoms with E-state index < -0.39 is 5.97 Å². The number of carboxylic acids is 1. The van der Waals surface area contributed by atoms with Crippen LogP contribution in [-0.4, -0.2) is 18.2 Å². The van der Waals surface area contributed by atoms with Crippen LogP contribution in [0.4, 0.5) is 0 Å². The molecule has 0 saturated heterocycles. The molecule has 0 aromatic heterocycles. The van der Waals surface area contributed by atoms with Gasteiger partial charge in [0.25, 0.3) is 0 Å². The molecule has 0 unspecified atom stereocenters. The van der Waals surface area contributed by atoms with Crippen LogP contribution in [0.2, 0.25) is 5.02 Å². The minimum absolute atomic E-state index is 0.0195. The second-order valence-electron chi connectivity index (χ2n) is 3.00. The fraction of sp³-hybridized carbons (Fsp3) is 0.300. The summed E-state index contributed by atoms with van der Waals surface area (Å²) in [5, 5.41) is 9.15. The molecule has 0 heterocycles. The van der Waals surface area contributed by atoms with Gasteiger partial charge in [0.15, 0.2) is 0 Å². The Labute approximate surface area is 87.3 Å². The molecule has 0 bridgehead atoms. The predicted octanol–water partition coefficient (Wildman–Crippen LogP) is 2.28. The number of halogens is 1. The molecular weight excluding hydrogens is 204 g/mol. The SMILES string of the molecule is COc1cc(CC(=O)O)cc(C)c1Cl. The normalized spacial score (nSPS) is 9.93. The number of carbonyl (C=O) groups is 1. The highest BCUT2D eigenvalue weighted by molar-refractivity contribution is 6.32. The monoisotopic (exact) mass is 214 g/mol. The second-order valence-corrected chi connectivity index (χ2v) is 3.38. The fourth-order valence-corrected chi connectivity index (χ4v) is 1.42. The molecule has 0 spiro atoms. The molecule has 76 valence electrons. The number of benzene rings is 1. The maximum atomic E-state index is 10.5. The number of carboxylic acid groups (broad SMARTS) is 1. The number of hydrogen-bond donors (Lipinski definition) is 1. The third-order valence-corrected chi connectivity index (χ3v) is 2.34. The van der Waals surface area contributed by atoms with Crippen LogP contribution < -0.4 is 4.74 Å². The molecule has 0 aliphatic rings. The third-order valence-electron chi connectivity index (χ3n) is 1.86. The van der Waals surface area contributed by atoms with Crippen molar-refractivity contribution >= 4 is 17.6 Å². The Kier molecular flexibility index (Phi) is 3.36. The molecule has 1 N–H and O–H groups in total. The van der Waals surface area contributed by atoms with Gasteiger partial charge in [-0.3, -0.25) is 4.79 Å². The summed E-state index contributed by atoms with van der Waals surface area (Å²) >= 11 is 5.93. The van der Waals surface area contributed by atoms with Crippen LogP contribution in [-0.2, 0) is 11.2 Å². The van der Waals surface area contributed by atoms with Crippen molar-refractivity contribution in [1.82, 2.24) is 0 Å². The summed E-state index contributed by atoms with van der Waals surface area (Å²) in [4.78, 5) is 10.5. The smallest absolute Gasteiger partial charge is 0.307 e. The van der Waals surface area contributed by atoms with Crippen molar-refractivity contribution < 1.29 is 14.6 Å². The van der Waals surface area contributed by atoms with E-state index in [0.717, 1.165) is 5.56 Å². The number of methoxy groups -OCH3 is 1. The molecule has 0 amide bonds. The molecule has 0 fully saturated rings. The maximum absolute atomic E-state index is 10.5. The highest BCUT2D eigenvalue weighted by atomic mass is 35.5. The molecule has 1 aromatic carbocycles. The van der Waals surface area contributed by atoms with Crippen molar-refractivity contribution in [2.75, 3.05) is 7.11 Å². The zero-order valence-corrected chi connectivity index (χ0v) is 8.76. The number of aliphatic carboxylic acids is 1. The van der Waals surface area contributed by atoms with E-state index in [1.165, 1.54) is 7.11 Å². The van der Waals surface area contributed by atoms with Crippen LogP contribution in [0.1, 0.15) is 11.1 Å². The molecule has 0 radical (unpaired) electrons. The van der Waals surface area contributed by atoms with E-state index in [1.54, 1.807) is 12.1 Å². The number of rotatable bonds is 3. The molecule has 0 aliphatic heterocycles. The topological polar surface area (TPSA) is 46.5 Å². The van der Waals surface area contributed by atoms with Crippen LogP contribution in [0.3, 0.4) is 0 Å². The lowest BCUT2D eigenvalue weighted by molar-refractivity contribution is -0.136. The molecule has 4 heteroatoms. The van der Waals surface area contributed by atoms with E-state index in [2.05, 4.69) is 0 Å². The van der Waals surface area contributed by atoms with Gasteiger partial charge >= 0.3 is 5.97 Å². The van der Waals surface area contributed by atoms with Gasteiger partial charge in [-0.15, -0.1) is 0 Å². The van der Waals surface area contributed by atoms with Crippen LogP contribution in [0, 0.1) is 6.92 Å². The first-order chi connectivity index (χ1) is 6.54. The van der Waals surface area contributed by atoms with Crippen LogP contribution >= 0.6 is 11.6 Å². The van der Waals surface area contributed by atoms with Crippen molar-refractivity contribution in [1.29, 1.82) is 0 Å². The van der Waals surface area contributed by atoms with E-state index in [4.69, 9.17) is 21.4 Å². The molecule has 1 aromatic rings. The Balaban J connectivity index is 3.09. The lowest BCUT2D eigenvalue weighted by Crippen LogP contribution is -2.01. The van der Waals surface area contributed by atoms with Crippen LogP contribution in [0.5, 0.6) is 5.75 Å². The first kappa shape index (κ1) is 10.9. The Morgan fingerprint density at radius 2 is 2.21 bits per heavy atom. The summed E-state index contributed by atoms with van der Waals surface area (Å²) < 4.78 is 5.02. The van der Waals surface area contributed by atoms with Gasteiger partial charge in [0.1, 0.15) is 5.75 Å². The minimum Gasteiger partial charge on any atom is -0.495 e. The van der Waals surface area contributed by atoms with Gasteiger partial charge in [-0.1, -0.05) is 17.7 Å². The third kappa shape index (κ3) is 2.39. The average Bonchev–Trinajstić information content (AvgIpc) is 2.10. The lowest BCUT2D eigenvalue weighted by Gasteiger charge is -2.08. The zero-order chi connectivity index (χ0) is 10.7. The van der Waals surface area contributed by atoms with Crippen LogP contribution in [0.15, 0.2) is 12.1 Å². The second kappa shape index (κ2) is 4.33. The van der Waals surface area contributed by atoms with Gasteiger partial charge in [-0.2, -0.15) is 0 Å². The van der Waals surface area contributed by atoms with Crippen molar-refractivity contribution in [2.45, 2.75) is 13.3 Å². The standard InChI is InChI=1S/C10H11ClO3/c1-6-3-7(5-9(12)13)4-8(14-2)10(6)11/h3-4H,5H2,1-2H3,(H,12,13). The van der Waals surface area contributed by atoms with Gasteiger partial charge in [-0.05, 0) is 24.1 Å². The number of aryl methyl sites for hydroxylation is 1. The first-order valence-electron chi connectivity index (χ1n) is 4.09. The maximum Gasteiger partial charge on any atom is 0.307 e. The highest BCUT2D eigenvalue weighted by Crippen LogP contribution is 2.29. The van der Waals surface area contributed by atoms with E-state index in [9.17, 15) is 4.79 Å². The minimum atomic E-state index is -0.867. The quantitative estimate of drug-likeness (QED) is 0.840. The van der Waals surface area contributed by atoms with Gasteiger partial charge in [0, 0.05) is 0 Å². The molecule has 1 rings (SSSR count). The number of hydrogen-bond acceptors (Lipinski definition) is 2. The summed E-state index contributed by atoms with van der Waals surface area (Å²) in [7, 11) is 1.51. The largest absolute Gasteiger partial charge is 0.495 e. The summed E-state index contributed by atoms with van der Waals surface area (Å²) in [6.07, 6.45) is -0.0195. The van der Waals surface area contributed by atoms with Crippen LogP contribution in [0.25, 0.3) is 0 Å². The first-order valence-corrected chi connectivity index (χ1v) is 4.47. The van der Waals surface area contributed by atoms with E-state index >= 15 is 0 Å². The van der Waals surface area contributed by atoms with E-state index in [-0.39, 0.29) is 6.42 Å². The fourth-order valence-electron chi connectivity index (χ4n) is 1.23. The van der Waals surface area contributed by atoms with Crippen molar-refractivity contribution in [3.8, 4) is 5.75 Å². The van der Waals surface area contributed by atoms with Crippen molar-refractivity contribution in [3.05, 3.63) is 28.3 Å². The molecule has 0 saturated carbocycles. The molecule has 14 heavy (non-hydrogen) atoms. The molecule has 3 nitrogen and oxygen atoms in total. The van der Waals surface area contributed by atoms with Crippen molar-refractivity contribution in [3.63, 3.8) is 0 Å². The van der Waals surface area contributed by atoms with Gasteiger partial charge in [-0.25, -0.2) is 0 Å². The van der Waals surface area contributed by atoms with Crippen molar-refractivity contribution in [2.24, 2.45) is 0 Å². The van der Waals surface area contributed by atoms with Gasteiger partial charge in [0.2, 0.25) is 0 Å². The summed E-state index contributed by atoms with van der Waals surface area (Å²) in [6, 6.07) is 3.39. The summed E-state index contributed by atoms with van der Waals surface area (Å²) in [5.74, 6) is -0.350. The molecule has 0 aliphatic carbocycles.